The lowest BCUT2D eigenvalue weighted by atomic mass is 9.49. The standard InChI is InChI=1S/C24H31N3O2S/c1-2-6-20(19-7-4-3-5-8-19)25-21(28)15-30-23-27-26-22(29-23)24-12-16-9-17(13-24)11-18(10-16)14-24/h3-5,7-8,16-18,20H,2,6,9-15H2,1H3,(H,25,28)/t16?,17?,18?,20-,24?/m0/s1. The first-order valence-corrected chi connectivity index (χ1v) is 12.4. The second-order valence-electron chi connectivity index (χ2n) is 9.68. The molecule has 0 saturated heterocycles. The van der Waals surface area contributed by atoms with E-state index in [1.165, 1.54) is 50.3 Å². The van der Waals surface area contributed by atoms with Gasteiger partial charge < -0.3 is 9.73 Å². The third kappa shape index (κ3) is 4.03. The summed E-state index contributed by atoms with van der Waals surface area (Å²) in [5, 5.41) is 12.4. The molecule has 4 saturated carbocycles. The molecule has 160 valence electrons. The van der Waals surface area contributed by atoms with Crippen molar-refractivity contribution >= 4 is 17.7 Å². The summed E-state index contributed by atoms with van der Waals surface area (Å²) in [6.07, 6.45) is 9.77. The Morgan fingerprint density at radius 1 is 1.13 bits per heavy atom. The number of thioether (sulfide) groups is 1. The molecule has 4 fully saturated rings. The fraction of sp³-hybridized carbons (Fsp3) is 0.625. The molecule has 6 heteroatoms. The van der Waals surface area contributed by atoms with Gasteiger partial charge in [-0.2, -0.15) is 0 Å². The van der Waals surface area contributed by atoms with E-state index < -0.39 is 0 Å². The quantitative estimate of drug-likeness (QED) is 0.582. The molecule has 0 radical (unpaired) electrons. The van der Waals surface area contributed by atoms with Gasteiger partial charge in [0.25, 0.3) is 5.22 Å². The molecule has 4 aliphatic carbocycles. The lowest BCUT2D eigenvalue weighted by Crippen LogP contribution is -2.48. The Kier molecular flexibility index (Phi) is 5.61. The van der Waals surface area contributed by atoms with Crippen LogP contribution in [0.25, 0.3) is 0 Å². The highest BCUT2D eigenvalue weighted by molar-refractivity contribution is 7.99. The van der Waals surface area contributed by atoms with Crippen molar-refractivity contribution < 1.29 is 9.21 Å². The summed E-state index contributed by atoms with van der Waals surface area (Å²) in [7, 11) is 0. The number of carbonyl (C=O) groups is 1. The topological polar surface area (TPSA) is 68.0 Å². The fourth-order valence-electron chi connectivity index (χ4n) is 6.51. The Labute approximate surface area is 182 Å². The van der Waals surface area contributed by atoms with Gasteiger partial charge in [-0.25, -0.2) is 0 Å². The fourth-order valence-corrected chi connectivity index (χ4v) is 7.09. The summed E-state index contributed by atoms with van der Waals surface area (Å²) < 4.78 is 6.12. The molecule has 0 spiro atoms. The van der Waals surface area contributed by atoms with E-state index in [-0.39, 0.29) is 17.4 Å². The summed E-state index contributed by atoms with van der Waals surface area (Å²) in [4.78, 5) is 12.6. The number of hydrogen-bond donors (Lipinski definition) is 1. The highest BCUT2D eigenvalue weighted by Crippen LogP contribution is 2.60. The first-order valence-electron chi connectivity index (χ1n) is 11.4. The van der Waals surface area contributed by atoms with Gasteiger partial charge in [0.1, 0.15) is 0 Å². The van der Waals surface area contributed by atoms with Crippen molar-refractivity contribution in [3.05, 3.63) is 41.8 Å². The normalized spacial score (nSPS) is 30.4. The van der Waals surface area contributed by atoms with Crippen LogP contribution in [0.1, 0.15) is 75.8 Å². The van der Waals surface area contributed by atoms with Crippen molar-refractivity contribution in [2.75, 3.05) is 5.75 Å². The minimum atomic E-state index is 0.0110. The van der Waals surface area contributed by atoms with E-state index in [2.05, 4.69) is 34.6 Å². The maximum absolute atomic E-state index is 12.6. The van der Waals surface area contributed by atoms with Gasteiger partial charge in [-0.3, -0.25) is 4.79 Å². The number of nitrogens with zero attached hydrogens (tertiary/aromatic N) is 2. The Bertz CT molecular complexity index is 846. The number of hydrogen-bond acceptors (Lipinski definition) is 5. The summed E-state index contributed by atoms with van der Waals surface area (Å²) in [5.74, 6) is 3.68. The molecule has 4 bridgehead atoms. The van der Waals surface area contributed by atoms with Gasteiger partial charge in [-0.05, 0) is 68.3 Å². The van der Waals surface area contributed by atoms with E-state index in [0.717, 1.165) is 42.0 Å². The molecule has 5 nitrogen and oxygen atoms in total. The minimum Gasteiger partial charge on any atom is -0.415 e. The molecular weight excluding hydrogens is 394 g/mol. The third-order valence-corrected chi connectivity index (χ3v) is 8.16. The maximum atomic E-state index is 12.6. The smallest absolute Gasteiger partial charge is 0.277 e. The van der Waals surface area contributed by atoms with Crippen LogP contribution in [-0.2, 0) is 10.2 Å². The van der Waals surface area contributed by atoms with Crippen LogP contribution < -0.4 is 5.32 Å². The Morgan fingerprint density at radius 3 is 2.43 bits per heavy atom. The van der Waals surface area contributed by atoms with Crippen molar-refractivity contribution in [2.24, 2.45) is 17.8 Å². The molecule has 1 atom stereocenters. The molecule has 0 aliphatic heterocycles. The molecule has 1 aromatic carbocycles. The predicted octanol–water partition coefficient (Wildman–Crippen LogP) is 5.29. The third-order valence-electron chi connectivity index (χ3n) is 7.34. The van der Waals surface area contributed by atoms with Crippen LogP contribution in [-0.4, -0.2) is 21.9 Å². The molecule has 1 aromatic heterocycles. The lowest BCUT2D eigenvalue weighted by Gasteiger charge is -2.55. The van der Waals surface area contributed by atoms with Gasteiger partial charge in [0.15, 0.2) is 0 Å². The molecule has 0 unspecified atom stereocenters. The van der Waals surface area contributed by atoms with Crippen LogP contribution in [0.15, 0.2) is 40.0 Å². The number of benzene rings is 1. The van der Waals surface area contributed by atoms with Crippen molar-refractivity contribution in [2.45, 2.75) is 75.0 Å². The zero-order chi connectivity index (χ0) is 20.6. The first-order chi connectivity index (χ1) is 14.6. The van der Waals surface area contributed by atoms with Gasteiger partial charge in [-0.1, -0.05) is 55.4 Å². The number of carbonyl (C=O) groups excluding carboxylic acids is 1. The molecule has 2 aromatic rings. The van der Waals surface area contributed by atoms with E-state index in [1.807, 2.05) is 18.2 Å². The Morgan fingerprint density at radius 2 is 1.80 bits per heavy atom. The molecule has 1 N–H and O–H groups in total. The van der Waals surface area contributed by atoms with Gasteiger partial charge in [0.2, 0.25) is 11.8 Å². The average molecular weight is 426 g/mol. The maximum Gasteiger partial charge on any atom is 0.277 e. The highest BCUT2D eigenvalue weighted by Gasteiger charge is 2.54. The molecule has 30 heavy (non-hydrogen) atoms. The van der Waals surface area contributed by atoms with E-state index in [1.54, 1.807) is 0 Å². The van der Waals surface area contributed by atoms with Gasteiger partial charge in [-0.15, -0.1) is 10.2 Å². The predicted molar refractivity (Wildman–Crippen MR) is 117 cm³/mol. The Hall–Kier alpha value is -1.82. The van der Waals surface area contributed by atoms with Crippen LogP contribution in [0.2, 0.25) is 0 Å². The van der Waals surface area contributed by atoms with Crippen LogP contribution in [0.5, 0.6) is 0 Å². The van der Waals surface area contributed by atoms with Crippen molar-refractivity contribution in [3.8, 4) is 0 Å². The number of rotatable bonds is 8. The van der Waals surface area contributed by atoms with Gasteiger partial charge in [0, 0.05) is 5.41 Å². The summed E-state index contributed by atoms with van der Waals surface area (Å²) in [6.45, 7) is 2.14. The van der Waals surface area contributed by atoms with Crippen LogP contribution in [0.4, 0.5) is 0 Å². The highest BCUT2D eigenvalue weighted by atomic mass is 32.2. The lowest BCUT2D eigenvalue weighted by molar-refractivity contribution is -0.119. The summed E-state index contributed by atoms with van der Waals surface area (Å²) in [6, 6.07) is 10.2. The molecular formula is C24H31N3O2S. The summed E-state index contributed by atoms with van der Waals surface area (Å²) in [5.41, 5.74) is 1.27. The second kappa shape index (κ2) is 8.37. The monoisotopic (exact) mass is 425 g/mol. The van der Waals surface area contributed by atoms with E-state index in [4.69, 9.17) is 4.42 Å². The summed E-state index contributed by atoms with van der Waals surface area (Å²) >= 11 is 1.36. The largest absolute Gasteiger partial charge is 0.415 e. The van der Waals surface area contributed by atoms with Crippen LogP contribution in [0.3, 0.4) is 0 Å². The molecule has 6 rings (SSSR count). The zero-order valence-corrected chi connectivity index (χ0v) is 18.5. The van der Waals surface area contributed by atoms with E-state index in [0.29, 0.717) is 11.0 Å². The van der Waals surface area contributed by atoms with Gasteiger partial charge >= 0.3 is 0 Å². The molecule has 1 amide bonds. The van der Waals surface area contributed by atoms with Crippen LogP contribution >= 0.6 is 11.8 Å². The zero-order valence-electron chi connectivity index (χ0n) is 17.7. The number of amides is 1. The molecule has 1 heterocycles. The second-order valence-corrected chi connectivity index (χ2v) is 10.6. The van der Waals surface area contributed by atoms with Crippen molar-refractivity contribution in [1.29, 1.82) is 0 Å². The number of nitrogens with one attached hydrogen (secondary N) is 1. The first kappa shape index (κ1) is 20.1. The van der Waals surface area contributed by atoms with Crippen molar-refractivity contribution in [1.82, 2.24) is 15.5 Å². The van der Waals surface area contributed by atoms with Crippen LogP contribution in [0, 0.1) is 17.8 Å². The SMILES string of the molecule is CCC[C@H](NC(=O)CSc1nnc(C23CC4CC(CC(C4)C2)C3)o1)c1ccccc1. The Balaban J connectivity index is 1.19. The van der Waals surface area contributed by atoms with E-state index in [9.17, 15) is 4.79 Å². The van der Waals surface area contributed by atoms with E-state index >= 15 is 0 Å². The van der Waals surface area contributed by atoms with Gasteiger partial charge in [0.05, 0.1) is 11.8 Å². The number of aromatic nitrogens is 2. The van der Waals surface area contributed by atoms with Crippen molar-refractivity contribution in [3.63, 3.8) is 0 Å². The minimum absolute atomic E-state index is 0.0110. The average Bonchev–Trinajstić information content (AvgIpc) is 3.22. The molecule has 4 aliphatic rings.